The molecule has 0 heterocycles. The van der Waals surface area contributed by atoms with Crippen LogP contribution in [0, 0.1) is 11.7 Å². The number of hydrogen-bond acceptors (Lipinski definition) is 5. The second-order valence-electron chi connectivity index (χ2n) is 9.56. The number of nitrogens with zero attached hydrogens (tertiary/aromatic N) is 1. The Morgan fingerprint density at radius 1 is 1.02 bits per heavy atom. The zero-order chi connectivity index (χ0) is 28.9. The largest absolute Gasteiger partial charge is 0.430 e. The van der Waals surface area contributed by atoms with Crippen LogP contribution in [0.5, 0.6) is 0 Å². The molecule has 1 amide bonds. The standard InChI is InChI=1S/C30H29F4N5O/c1-18(35)21-8-5-9-23(14-21)38-26(16-27(36)30(32,33)34)29(40)39-25-15-22(12-13-24(25)31)28(37-17-19-10-11-19)20-6-3-2-4-7-20/h2-9,12-16,19,28,37H,1,10-11,17,35-36H2,(H,39,40). The maximum absolute atomic E-state index is 14.9. The molecule has 1 aliphatic rings. The summed E-state index contributed by atoms with van der Waals surface area (Å²) in [4.78, 5) is 17.2. The van der Waals surface area contributed by atoms with Gasteiger partial charge in [0.1, 0.15) is 17.2 Å². The minimum Gasteiger partial charge on any atom is -0.399 e. The van der Waals surface area contributed by atoms with Gasteiger partial charge in [-0.25, -0.2) is 9.38 Å². The average molecular weight is 552 g/mol. The van der Waals surface area contributed by atoms with Crippen LogP contribution in [0.25, 0.3) is 5.70 Å². The molecule has 3 aromatic rings. The number of allylic oxidation sites excluding steroid dienone is 1. The molecule has 1 fully saturated rings. The summed E-state index contributed by atoms with van der Waals surface area (Å²) in [5, 5.41) is 5.87. The number of carbonyl (C=O) groups excluding carboxylic acids is 1. The Bertz CT molecular complexity index is 1450. The Morgan fingerprint density at radius 3 is 2.40 bits per heavy atom. The Labute approximate surface area is 229 Å². The molecule has 0 aliphatic heterocycles. The molecule has 0 saturated heterocycles. The summed E-state index contributed by atoms with van der Waals surface area (Å²) in [6.07, 6.45) is -2.23. The van der Waals surface area contributed by atoms with E-state index in [4.69, 9.17) is 11.5 Å². The molecular weight excluding hydrogens is 522 g/mol. The molecule has 1 saturated carbocycles. The third-order valence-electron chi connectivity index (χ3n) is 6.33. The number of amides is 1. The third-order valence-corrected chi connectivity index (χ3v) is 6.33. The number of aliphatic imine (C=N–C) groups is 1. The van der Waals surface area contributed by atoms with Gasteiger partial charge in [0.2, 0.25) is 0 Å². The van der Waals surface area contributed by atoms with Crippen LogP contribution in [0.2, 0.25) is 0 Å². The van der Waals surface area contributed by atoms with Crippen LogP contribution in [0.3, 0.4) is 0 Å². The Balaban J connectivity index is 1.68. The van der Waals surface area contributed by atoms with E-state index in [0.29, 0.717) is 23.1 Å². The van der Waals surface area contributed by atoms with Crippen molar-refractivity contribution in [3.05, 3.63) is 114 Å². The van der Waals surface area contributed by atoms with Gasteiger partial charge >= 0.3 is 6.18 Å². The van der Waals surface area contributed by atoms with Crippen molar-refractivity contribution in [2.45, 2.75) is 25.1 Å². The van der Waals surface area contributed by atoms with Crippen molar-refractivity contribution in [1.29, 1.82) is 0 Å². The molecule has 40 heavy (non-hydrogen) atoms. The number of nitrogens with two attached hydrogens (primary N) is 2. The molecule has 0 spiro atoms. The van der Waals surface area contributed by atoms with Gasteiger partial charge in [0, 0.05) is 5.70 Å². The highest BCUT2D eigenvalue weighted by Crippen LogP contribution is 2.31. The van der Waals surface area contributed by atoms with Gasteiger partial charge in [0.05, 0.1) is 17.4 Å². The van der Waals surface area contributed by atoms with Gasteiger partial charge in [-0.15, -0.1) is 0 Å². The van der Waals surface area contributed by atoms with Gasteiger partial charge in [-0.3, -0.25) is 4.79 Å². The molecule has 0 radical (unpaired) electrons. The number of nitrogens with one attached hydrogen (secondary N) is 2. The number of halogens is 4. The summed E-state index contributed by atoms with van der Waals surface area (Å²) in [6.45, 7) is 4.39. The summed E-state index contributed by atoms with van der Waals surface area (Å²) in [6, 6.07) is 19.6. The fourth-order valence-electron chi connectivity index (χ4n) is 3.98. The van der Waals surface area contributed by atoms with Crippen LogP contribution < -0.4 is 22.1 Å². The minimum atomic E-state index is -4.91. The Morgan fingerprint density at radius 2 is 1.75 bits per heavy atom. The van der Waals surface area contributed by atoms with Gasteiger partial charge in [-0.1, -0.05) is 55.1 Å². The Kier molecular flexibility index (Phi) is 8.69. The fraction of sp³-hybridized carbons (Fsp3) is 0.200. The molecule has 3 aromatic carbocycles. The van der Waals surface area contributed by atoms with Crippen molar-refractivity contribution < 1.29 is 22.4 Å². The van der Waals surface area contributed by atoms with E-state index in [1.807, 2.05) is 30.3 Å². The van der Waals surface area contributed by atoms with Gasteiger partial charge in [-0.2, -0.15) is 13.2 Å². The lowest BCUT2D eigenvalue weighted by Crippen LogP contribution is -2.27. The van der Waals surface area contributed by atoms with E-state index in [9.17, 15) is 22.4 Å². The maximum Gasteiger partial charge on any atom is 0.430 e. The number of anilines is 1. The van der Waals surface area contributed by atoms with Gasteiger partial charge in [0.15, 0.2) is 0 Å². The van der Waals surface area contributed by atoms with Crippen molar-refractivity contribution in [2.24, 2.45) is 22.4 Å². The SMILES string of the molecule is C=C(N)c1cccc(N=C(C=C(N)C(F)(F)F)C(=O)Nc2cc(C(NCC3CC3)c3ccccc3)ccc2F)c1. The first-order valence-corrected chi connectivity index (χ1v) is 12.6. The third kappa shape index (κ3) is 7.57. The number of benzene rings is 3. The zero-order valence-corrected chi connectivity index (χ0v) is 21.5. The highest BCUT2D eigenvalue weighted by atomic mass is 19.4. The first-order chi connectivity index (χ1) is 19.0. The fourth-order valence-corrected chi connectivity index (χ4v) is 3.98. The van der Waals surface area contributed by atoms with E-state index in [-0.39, 0.29) is 23.1 Å². The lowest BCUT2D eigenvalue weighted by atomic mass is 9.97. The second-order valence-corrected chi connectivity index (χ2v) is 9.56. The molecule has 0 aromatic heterocycles. The first kappa shape index (κ1) is 28.6. The normalized spacial score (nSPS) is 15.0. The highest BCUT2D eigenvalue weighted by molar-refractivity contribution is 6.47. The molecule has 10 heteroatoms. The van der Waals surface area contributed by atoms with Gasteiger partial charge < -0.3 is 22.1 Å². The van der Waals surface area contributed by atoms with Gasteiger partial charge in [0.25, 0.3) is 5.91 Å². The topological polar surface area (TPSA) is 106 Å². The molecule has 1 aliphatic carbocycles. The van der Waals surface area contributed by atoms with E-state index in [0.717, 1.165) is 24.9 Å². The van der Waals surface area contributed by atoms with Crippen molar-refractivity contribution in [3.8, 4) is 0 Å². The summed E-state index contributed by atoms with van der Waals surface area (Å²) < 4.78 is 54.6. The molecule has 1 atom stereocenters. The minimum absolute atomic E-state index is 0.128. The van der Waals surface area contributed by atoms with Crippen LogP contribution in [0.1, 0.15) is 35.6 Å². The van der Waals surface area contributed by atoms with E-state index in [1.165, 1.54) is 24.3 Å². The molecule has 208 valence electrons. The highest BCUT2D eigenvalue weighted by Gasteiger charge is 2.32. The quantitative estimate of drug-likeness (QED) is 0.184. The summed E-state index contributed by atoms with van der Waals surface area (Å²) in [5.74, 6) is -1.27. The molecular formula is C30H29F4N5O. The zero-order valence-electron chi connectivity index (χ0n) is 21.5. The molecule has 0 bridgehead atoms. The second kappa shape index (κ2) is 12.2. The van der Waals surface area contributed by atoms with E-state index in [1.54, 1.807) is 18.2 Å². The predicted molar refractivity (Wildman–Crippen MR) is 149 cm³/mol. The first-order valence-electron chi connectivity index (χ1n) is 12.6. The van der Waals surface area contributed by atoms with E-state index >= 15 is 0 Å². The summed E-state index contributed by atoms with van der Waals surface area (Å²) in [5.41, 5.74) is 10.9. The van der Waals surface area contributed by atoms with E-state index < -0.39 is 29.3 Å². The van der Waals surface area contributed by atoms with Crippen LogP contribution >= 0.6 is 0 Å². The Hall–Kier alpha value is -4.44. The van der Waals surface area contributed by atoms with Crippen molar-refractivity contribution >= 4 is 28.7 Å². The number of rotatable bonds is 10. The average Bonchev–Trinajstić information content (AvgIpc) is 3.75. The van der Waals surface area contributed by atoms with Crippen molar-refractivity contribution in [1.82, 2.24) is 5.32 Å². The van der Waals surface area contributed by atoms with Crippen LogP contribution in [0.4, 0.5) is 28.9 Å². The predicted octanol–water partition coefficient (Wildman–Crippen LogP) is 5.96. The summed E-state index contributed by atoms with van der Waals surface area (Å²) >= 11 is 0. The van der Waals surface area contributed by atoms with Crippen molar-refractivity contribution in [2.75, 3.05) is 11.9 Å². The maximum atomic E-state index is 14.9. The van der Waals surface area contributed by atoms with Gasteiger partial charge in [-0.05, 0) is 72.3 Å². The molecule has 6 N–H and O–H groups in total. The number of carbonyl (C=O) groups is 1. The van der Waals surface area contributed by atoms with Crippen LogP contribution in [0.15, 0.2) is 96.1 Å². The number of alkyl halides is 3. The summed E-state index contributed by atoms with van der Waals surface area (Å²) in [7, 11) is 0. The lowest BCUT2D eigenvalue weighted by molar-refractivity contribution is -0.110. The van der Waals surface area contributed by atoms with E-state index in [2.05, 4.69) is 22.2 Å². The molecule has 1 unspecified atom stereocenters. The van der Waals surface area contributed by atoms with Crippen molar-refractivity contribution in [3.63, 3.8) is 0 Å². The monoisotopic (exact) mass is 551 g/mol. The van der Waals surface area contributed by atoms with Crippen LogP contribution in [-0.4, -0.2) is 24.3 Å². The van der Waals surface area contributed by atoms with Crippen LogP contribution in [-0.2, 0) is 4.79 Å². The molecule has 4 rings (SSSR count). The molecule has 6 nitrogen and oxygen atoms in total. The lowest BCUT2D eigenvalue weighted by Gasteiger charge is -2.21. The smallest absolute Gasteiger partial charge is 0.399 e. The number of hydrogen-bond donors (Lipinski definition) is 4.